The molecule has 3 rings (SSSR count). The summed E-state index contributed by atoms with van der Waals surface area (Å²) in [6.07, 6.45) is 6.53. The Balaban J connectivity index is 1.64. The van der Waals surface area contributed by atoms with Crippen LogP contribution in [0.3, 0.4) is 0 Å². The minimum absolute atomic E-state index is 0.110. The highest BCUT2D eigenvalue weighted by Crippen LogP contribution is 2.19. The fourth-order valence-corrected chi connectivity index (χ4v) is 4.61. The zero-order valence-corrected chi connectivity index (χ0v) is 19.2. The van der Waals surface area contributed by atoms with E-state index in [1.807, 2.05) is 30.3 Å². The van der Waals surface area contributed by atoms with E-state index in [-0.39, 0.29) is 24.4 Å². The van der Waals surface area contributed by atoms with Crippen LogP contribution in [-0.4, -0.2) is 77.0 Å². The summed E-state index contributed by atoms with van der Waals surface area (Å²) >= 11 is 0. The van der Waals surface area contributed by atoms with Gasteiger partial charge in [-0.3, -0.25) is 4.79 Å². The van der Waals surface area contributed by atoms with Gasteiger partial charge in [0.25, 0.3) is 0 Å². The molecule has 2 fully saturated rings. The lowest BCUT2D eigenvalue weighted by atomic mass is 9.96. The third-order valence-electron chi connectivity index (χ3n) is 6.42. The monoisotopic (exact) mass is 458 g/mol. The van der Waals surface area contributed by atoms with Crippen LogP contribution in [-0.2, 0) is 16.0 Å². The Morgan fingerprint density at radius 2 is 1.76 bits per heavy atom. The van der Waals surface area contributed by atoms with Gasteiger partial charge in [0, 0.05) is 19.6 Å². The van der Waals surface area contributed by atoms with Crippen molar-refractivity contribution < 1.29 is 24.3 Å². The Kier molecular flexibility index (Phi) is 8.68. The number of hydrogen-bond donors (Lipinski definition) is 3. The van der Waals surface area contributed by atoms with Gasteiger partial charge in [-0.2, -0.15) is 0 Å². The topological polar surface area (TPSA) is 119 Å². The quantitative estimate of drug-likeness (QED) is 0.553. The number of amides is 4. The minimum atomic E-state index is -1.04. The third kappa shape index (κ3) is 6.94. The van der Waals surface area contributed by atoms with Gasteiger partial charge in [-0.25, -0.2) is 14.4 Å². The standard InChI is InChI=1S/C24H34N4O5/c1-27(24(33)28-14-8-13-20(28)22(30)31)16-21(29)19(15-17-9-4-2-5-10-17)26-23(32)25-18-11-6-3-7-12-18/h2,4-5,9-10,18-20H,3,6-8,11-16H2,1H3,(H,30,31)(H2,25,26,32)/t19?,20-/m0/s1. The van der Waals surface area contributed by atoms with Gasteiger partial charge < -0.3 is 25.5 Å². The van der Waals surface area contributed by atoms with Crippen LogP contribution in [0.5, 0.6) is 0 Å². The average Bonchev–Trinajstić information content (AvgIpc) is 3.29. The highest BCUT2D eigenvalue weighted by atomic mass is 16.4. The SMILES string of the molecule is CN(CC(=O)C(Cc1ccccc1)NC(=O)NC1CCCCC1)C(=O)N1CCC[C@H]1C(=O)O. The zero-order chi connectivity index (χ0) is 23.8. The molecule has 1 unspecified atom stereocenters. The van der Waals surface area contributed by atoms with Crippen LogP contribution >= 0.6 is 0 Å². The Morgan fingerprint density at radius 3 is 2.42 bits per heavy atom. The summed E-state index contributed by atoms with van der Waals surface area (Å²) in [4.78, 5) is 52.5. The number of carbonyl (C=O) groups excluding carboxylic acids is 3. The van der Waals surface area contributed by atoms with Gasteiger partial charge >= 0.3 is 18.0 Å². The molecule has 3 N–H and O–H groups in total. The number of likely N-dealkylation sites (N-methyl/N-ethyl adjacent to an activating group) is 1. The third-order valence-corrected chi connectivity index (χ3v) is 6.42. The number of benzene rings is 1. The normalized spacial score (nSPS) is 19.5. The van der Waals surface area contributed by atoms with E-state index in [9.17, 15) is 24.3 Å². The van der Waals surface area contributed by atoms with Gasteiger partial charge in [0.05, 0.1) is 12.6 Å². The van der Waals surface area contributed by atoms with Gasteiger partial charge in [0.1, 0.15) is 6.04 Å². The number of nitrogens with zero attached hydrogens (tertiary/aromatic N) is 2. The number of urea groups is 2. The maximum atomic E-state index is 13.1. The molecule has 33 heavy (non-hydrogen) atoms. The molecule has 0 spiro atoms. The van der Waals surface area contributed by atoms with Crippen LogP contribution in [0, 0.1) is 0 Å². The lowest BCUT2D eigenvalue weighted by Gasteiger charge is -2.29. The molecule has 1 saturated heterocycles. The lowest BCUT2D eigenvalue weighted by Crippen LogP contribution is -2.53. The highest BCUT2D eigenvalue weighted by molar-refractivity contribution is 5.93. The Bertz CT molecular complexity index is 841. The second kappa shape index (κ2) is 11.7. The molecule has 1 saturated carbocycles. The summed E-state index contributed by atoms with van der Waals surface area (Å²) in [6.45, 7) is 0.132. The molecule has 1 aromatic rings. The van der Waals surface area contributed by atoms with Crippen molar-refractivity contribution >= 4 is 23.8 Å². The van der Waals surface area contributed by atoms with Crippen molar-refractivity contribution in [1.29, 1.82) is 0 Å². The number of likely N-dealkylation sites (tertiary alicyclic amines) is 1. The van der Waals surface area contributed by atoms with Crippen molar-refractivity contribution in [3.63, 3.8) is 0 Å². The minimum Gasteiger partial charge on any atom is -0.480 e. The zero-order valence-electron chi connectivity index (χ0n) is 19.2. The fraction of sp³-hybridized carbons (Fsp3) is 0.583. The molecule has 180 valence electrons. The predicted octanol–water partition coefficient (Wildman–Crippen LogP) is 2.40. The molecular formula is C24H34N4O5. The number of carbonyl (C=O) groups is 4. The number of carboxylic acid groups (broad SMARTS) is 1. The summed E-state index contributed by atoms with van der Waals surface area (Å²) in [5, 5.41) is 15.1. The second-order valence-electron chi connectivity index (χ2n) is 8.99. The van der Waals surface area contributed by atoms with Crippen molar-refractivity contribution in [3.8, 4) is 0 Å². The van der Waals surface area contributed by atoms with Crippen molar-refractivity contribution in [2.75, 3.05) is 20.1 Å². The van der Waals surface area contributed by atoms with Crippen LogP contribution in [0.15, 0.2) is 30.3 Å². The summed E-state index contributed by atoms with van der Waals surface area (Å²) in [5.74, 6) is -1.34. The number of nitrogens with one attached hydrogen (secondary N) is 2. The maximum absolute atomic E-state index is 13.1. The largest absolute Gasteiger partial charge is 0.480 e. The smallest absolute Gasteiger partial charge is 0.326 e. The molecule has 1 aliphatic carbocycles. The van der Waals surface area contributed by atoms with E-state index in [0.717, 1.165) is 31.2 Å². The van der Waals surface area contributed by atoms with E-state index in [1.54, 1.807) is 0 Å². The van der Waals surface area contributed by atoms with Crippen molar-refractivity contribution in [3.05, 3.63) is 35.9 Å². The summed E-state index contributed by atoms with van der Waals surface area (Å²) in [6, 6.07) is 6.96. The number of rotatable bonds is 8. The summed E-state index contributed by atoms with van der Waals surface area (Å²) < 4.78 is 0. The molecule has 0 aromatic heterocycles. The van der Waals surface area contributed by atoms with E-state index in [0.29, 0.717) is 25.8 Å². The first kappa shape index (κ1) is 24.5. The Morgan fingerprint density at radius 1 is 1.06 bits per heavy atom. The van der Waals surface area contributed by atoms with E-state index in [1.165, 1.54) is 23.3 Å². The van der Waals surface area contributed by atoms with Crippen LogP contribution in [0.1, 0.15) is 50.5 Å². The number of carboxylic acids is 1. The highest BCUT2D eigenvalue weighted by Gasteiger charge is 2.36. The van der Waals surface area contributed by atoms with E-state index in [4.69, 9.17) is 0 Å². The summed E-state index contributed by atoms with van der Waals surface area (Å²) in [5.41, 5.74) is 0.897. The van der Waals surface area contributed by atoms with Gasteiger partial charge in [0.15, 0.2) is 5.78 Å². The van der Waals surface area contributed by atoms with Gasteiger partial charge in [-0.05, 0) is 37.7 Å². The molecule has 9 nitrogen and oxygen atoms in total. The van der Waals surface area contributed by atoms with Crippen molar-refractivity contribution in [1.82, 2.24) is 20.4 Å². The maximum Gasteiger partial charge on any atom is 0.326 e. The molecule has 1 heterocycles. The van der Waals surface area contributed by atoms with Crippen molar-refractivity contribution in [2.24, 2.45) is 0 Å². The lowest BCUT2D eigenvalue weighted by molar-refractivity contribution is -0.141. The molecule has 9 heteroatoms. The van der Waals surface area contributed by atoms with Crippen LogP contribution in [0.25, 0.3) is 0 Å². The van der Waals surface area contributed by atoms with Gasteiger partial charge in [-0.15, -0.1) is 0 Å². The number of hydrogen-bond acceptors (Lipinski definition) is 4. The molecule has 0 bridgehead atoms. The Hall–Kier alpha value is -3.10. The first-order valence-corrected chi connectivity index (χ1v) is 11.7. The number of aliphatic carboxylic acids is 1. The van der Waals surface area contributed by atoms with E-state index < -0.39 is 24.1 Å². The Labute approximate surface area is 194 Å². The van der Waals surface area contributed by atoms with Gasteiger partial charge in [-0.1, -0.05) is 49.6 Å². The second-order valence-corrected chi connectivity index (χ2v) is 8.99. The first-order valence-electron chi connectivity index (χ1n) is 11.7. The average molecular weight is 459 g/mol. The molecule has 1 aliphatic heterocycles. The fourth-order valence-electron chi connectivity index (χ4n) is 4.61. The molecular weight excluding hydrogens is 424 g/mol. The van der Waals surface area contributed by atoms with E-state index >= 15 is 0 Å². The van der Waals surface area contributed by atoms with Crippen LogP contribution < -0.4 is 10.6 Å². The number of Topliss-reactive ketones (excluding diaryl/α,β-unsaturated/α-hetero) is 1. The number of ketones is 1. The molecule has 4 amide bonds. The molecule has 2 atom stereocenters. The van der Waals surface area contributed by atoms with Gasteiger partial charge in [0.2, 0.25) is 0 Å². The summed E-state index contributed by atoms with van der Waals surface area (Å²) in [7, 11) is 1.49. The van der Waals surface area contributed by atoms with Crippen LogP contribution in [0.4, 0.5) is 9.59 Å². The van der Waals surface area contributed by atoms with Crippen molar-refractivity contribution in [2.45, 2.75) is 69.5 Å². The molecule has 2 aliphatic rings. The molecule has 1 aromatic carbocycles. The van der Waals surface area contributed by atoms with Crippen LogP contribution in [0.2, 0.25) is 0 Å². The van der Waals surface area contributed by atoms with E-state index in [2.05, 4.69) is 10.6 Å². The first-order chi connectivity index (χ1) is 15.8. The molecule has 0 radical (unpaired) electrons. The predicted molar refractivity (Wildman–Crippen MR) is 123 cm³/mol.